The second kappa shape index (κ2) is 10.6. The highest BCUT2D eigenvalue weighted by Crippen LogP contribution is 2.55. The van der Waals surface area contributed by atoms with Gasteiger partial charge in [0, 0.05) is 11.6 Å². The highest BCUT2D eigenvalue weighted by atomic mass is 35.5. The van der Waals surface area contributed by atoms with Crippen molar-refractivity contribution in [3.8, 4) is 0 Å². The molecule has 0 spiro atoms. The lowest BCUT2D eigenvalue weighted by atomic mass is 10.1. The van der Waals surface area contributed by atoms with Crippen LogP contribution in [0.2, 0.25) is 5.15 Å². The van der Waals surface area contributed by atoms with Crippen molar-refractivity contribution in [1.82, 2.24) is 14.6 Å². The van der Waals surface area contributed by atoms with Crippen LogP contribution in [-0.2, 0) is 18.4 Å². The fourth-order valence-corrected chi connectivity index (χ4v) is 6.71. The van der Waals surface area contributed by atoms with E-state index in [4.69, 9.17) is 26.1 Å². The molecule has 3 heterocycles. The number of nitrogens with one attached hydrogen (secondary N) is 1. The summed E-state index contributed by atoms with van der Waals surface area (Å²) in [6, 6.07) is 7.13. The van der Waals surface area contributed by atoms with E-state index in [1.807, 2.05) is 0 Å². The summed E-state index contributed by atoms with van der Waals surface area (Å²) in [4.78, 5) is 31.6. The minimum atomic E-state index is -4.87. The van der Waals surface area contributed by atoms with Crippen molar-refractivity contribution in [2.45, 2.75) is 37.4 Å². The number of halogens is 3. The molecular weight excluding hydrogens is 560 g/mol. The number of aliphatic hydroxyl groups excluding tert-OH is 1. The molecule has 1 aromatic carbocycles. The summed E-state index contributed by atoms with van der Waals surface area (Å²) in [5.41, 5.74) is 0.994. The van der Waals surface area contributed by atoms with Gasteiger partial charge in [-0.15, -0.1) is 0 Å². The molecule has 0 bridgehead atoms. The minimum Gasteiger partial charge on any atom is -0.387 e. The second-order valence-corrected chi connectivity index (χ2v) is 12.8. The lowest BCUT2D eigenvalue weighted by Gasteiger charge is -2.18. The number of rotatable bonds is 9. The Balaban J connectivity index is 1.56. The molecule has 1 aliphatic rings. The predicted molar refractivity (Wildman–Crippen MR) is 128 cm³/mol. The number of ether oxygens (including phenoxy) is 1. The summed E-state index contributed by atoms with van der Waals surface area (Å²) in [6.07, 6.45) is -5.48. The Kier molecular flexibility index (Phi) is 8.06. The number of hydrogen-bond acceptors (Lipinski definition) is 8. The Morgan fingerprint density at radius 1 is 1.30 bits per heavy atom. The van der Waals surface area contributed by atoms with E-state index in [9.17, 15) is 23.5 Å². The summed E-state index contributed by atoms with van der Waals surface area (Å²) in [5, 5.41) is 17.5. The first-order valence-electron chi connectivity index (χ1n) is 10.8. The van der Waals surface area contributed by atoms with E-state index in [1.165, 1.54) is 22.8 Å². The van der Waals surface area contributed by atoms with Crippen LogP contribution in [0.3, 0.4) is 0 Å². The molecule has 202 valence electrons. The van der Waals surface area contributed by atoms with Crippen LogP contribution in [0.25, 0.3) is 5.65 Å². The summed E-state index contributed by atoms with van der Waals surface area (Å²) >= 11 is 6.17. The van der Waals surface area contributed by atoms with Gasteiger partial charge in [0.05, 0.1) is 30.2 Å². The van der Waals surface area contributed by atoms with E-state index < -0.39 is 64.0 Å². The number of nitrogens with zero attached hydrogens (tertiary/aromatic N) is 3. The van der Waals surface area contributed by atoms with Crippen LogP contribution in [0.1, 0.15) is 30.3 Å². The van der Waals surface area contributed by atoms with Gasteiger partial charge in [-0.1, -0.05) is 29.8 Å². The third-order valence-corrected chi connectivity index (χ3v) is 9.26. The van der Waals surface area contributed by atoms with Crippen LogP contribution in [0.5, 0.6) is 0 Å². The van der Waals surface area contributed by atoms with Crippen molar-refractivity contribution in [3.05, 3.63) is 58.8 Å². The minimum absolute atomic E-state index is 0.0116. The normalized spacial score (nSPS) is 24.8. The van der Waals surface area contributed by atoms with Gasteiger partial charge >= 0.3 is 15.2 Å². The largest absolute Gasteiger partial charge is 0.387 e. The van der Waals surface area contributed by atoms with Gasteiger partial charge in [0.2, 0.25) is 0 Å². The van der Waals surface area contributed by atoms with Gasteiger partial charge in [-0.3, -0.25) is 9.13 Å². The van der Waals surface area contributed by atoms with Crippen LogP contribution < -0.4 is 5.32 Å². The van der Waals surface area contributed by atoms with Gasteiger partial charge in [0.25, 0.3) is 0 Å². The molecule has 1 aliphatic heterocycles. The molecular formula is C20H23ClF2N4O8P2. The molecule has 2 aromatic heterocycles. The SMILES string of the molecule is C[C@H](Nc1cc(Cl)nn2c(C3O[C@H](COP(=O)(O)CP(=O)(O)O)[C@@H](O)[C@@H]3F)cnc12)c1ccccc1F. The average Bonchev–Trinajstić information content (AvgIpc) is 3.32. The molecule has 5 N–H and O–H groups in total. The van der Waals surface area contributed by atoms with Crippen LogP contribution >= 0.6 is 26.8 Å². The Labute approximate surface area is 213 Å². The molecule has 0 amide bonds. The van der Waals surface area contributed by atoms with E-state index >= 15 is 4.39 Å². The van der Waals surface area contributed by atoms with Gasteiger partial charge in [0.1, 0.15) is 24.1 Å². The molecule has 6 atom stereocenters. The van der Waals surface area contributed by atoms with E-state index in [1.54, 1.807) is 25.1 Å². The van der Waals surface area contributed by atoms with E-state index in [-0.39, 0.29) is 16.5 Å². The fraction of sp³-hybridized carbons (Fsp3) is 0.400. The maximum Gasteiger partial charge on any atom is 0.340 e. The van der Waals surface area contributed by atoms with Gasteiger partial charge in [0.15, 0.2) is 22.9 Å². The first kappa shape index (κ1) is 28.0. The standard InChI is InChI=1S/C20H23ClF2N4O8P2/c1-10(11-4-2-3-5-12(11)22)25-13-6-16(21)26-27-14(7-24-20(13)27)19-17(23)18(28)15(35-19)8-34-37(32,33)9-36(29,30)31/h2-7,10,15,17-19,25,28H,8-9H2,1H3,(H,32,33)(H2,29,30,31)/t10-,15+,17-,18+,19?/m0/s1. The first-order chi connectivity index (χ1) is 17.3. The van der Waals surface area contributed by atoms with Crippen molar-refractivity contribution < 1.29 is 47.0 Å². The first-order valence-corrected chi connectivity index (χ1v) is 14.7. The van der Waals surface area contributed by atoms with Crippen molar-refractivity contribution in [3.63, 3.8) is 0 Å². The molecule has 3 aromatic rings. The maximum absolute atomic E-state index is 15.0. The molecule has 1 saturated heterocycles. The van der Waals surface area contributed by atoms with Crippen LogP contribution in [0.15, 0.2) is 36.5 Å². The number of aliphatic hydroxyl groups is 1. The monoisotopic (exact) mass is 582 g/mol. The number of imidazole rings is 1. The zero-order chi connectivity index (χ0) is 27.1. The molecule has 4 rings (SSSR count). The molecule has 0 saturated carbocycles. The summed E-state index contributed by atoms with van der Waals surface area (Å²) in [5.74, 6) is -1.86. The van der Waals surface area contributed by atoms with Gasteiger partial charge in [-0.25, -0.2) is 18.3 Å². The smallest absolute Gasteiger partial charge is 0.340 e. The molecule has 0 aliphatic carbocycles. The topological polar surface area (TPSA) is 176 Å². The lowest BCUT2D eigenvalue weighted by Crippen LogP contribution is -2.31. The number of hydrogen-bond donors (Lipinski definition) is 5. The van der Waals surface area contributed by atoms with Crippen molar-refractivity contribution in [2.24, 2.45) is 0 Å². The van der Waals surface area contributed by atoms with Gasteiger partial charge in [-0.05, 0) is 13.0 Å². The van der Waals surface area contributed by atoms with Crippen LogP contribution in [-0.4, -0.2) is 65.3 Å². The number of benzene rings is 1. The zero-order valence-corrected chi connectivity index (χ0v) is 21.6. The van der Waals surface area contributed by atoms with Gasteiger partial charge < -0.3 is 34.4 Å². The van der Waals surface area contributed by atoms with Crippen molar-refractivity contribution in [2.75, 3.05) is 17.8 Å². The highest BCUT2D eigenvalue weighted by molar-refractivity contribution is 7.70. The molecule has 12 nitrogen and oxygen atoms in total. The molecule has 2 unspecified atom stereocenters. The molecule has 0 radical (unpaired) electrons. The molecule has 37 heavy (non-hydrogen) atoms. The summed E-state index contributed by atoms with van der Waals surface area (Å²) in [6.45, 7) is 0.905. The van der Waals surface area contributed by atoms with Gasteiger partial charge in [-0.2, -0.15) is 5.10 Å². The van der Waals surface area contributed by atoms with E-state index in [0.29, 0.717) is 11.3 Å². The average molecular weight is 583 g/mol. The molecule has 1 fully saturated rings. The Bertz CT molecular complexity index is 1390. The lowest BCUT2D eigenvalue weighted by molar-refractivity contribution is -0.0199. The summed E-state index contributed by atoms with van der Waals surface area (Å²) in [7, 11) is -9.62. The molecule has 17 heteroatoms. The Hall–Kier alpha value is -1.99. The van der Waals surface area contributed by atoms with E-state index in [0.717, 1.165) is 0 Å². The third-order valence-electron chi connectivity index (χ3n) is 5.62. The number of anilines is 1. The Morgan fingerprint density at radius 3 is 2.68 bits per heavy atom. The van der Waals surface area contributed by atoms with Crippen molar-refractivity contribution in [1.29, 1.82) is 0 Å². The van der Waals surface area contributed by atoms with Crippen molar-refractivity contribution >= 4 is 38.1 Å². The van der Waals surface area contributed by atoms with Crippen LogP contribution in [0, 0.1) is 5.82 Å². The number of alkyl halides is 1. The van der Waals surface area contributed by atoms with Crippen LogP contribution in [0.4, 0.5) is 14.5 Å². The zero-order valence-electron chi connectivity index (χ0n) is 19.1. The maximum atomic E-state index is 15.0. The predicted octanol–water partition coefficient (Wildman–Crippen LogP) is 3.17. The Morgan fingerprint density at radius 2 is 2.00 bits per heavy atom. The highest BCUT2D eigenvalue weighted by Gasteiger charge is 2.47. The quantitative estimate of drug-likeness (QED) is 0.234. The van der Waals surface area contributed by atoms with E-state index in [2.05, 4.69) is 19.9 Å². The number of fused-ring (bicyclic) bond motifs is 1. The number of aromatic nitrogens is 3. The fourth-order valence-electron chi connectivity index (χ4n) is 3.96. The summed E-state index contributed by atoms with van der Waals surface area (Å²) < 4.78 is 63.5. The third kappa shape index (κ3) is 6.36. The second-order valence-electron chi connectivity index (χ2n) is 8.46.